The molecule has 190 valence electrons. The van der Waals surface area contributed by atoms with Crippen molar-refractivity contribution in [2.75, 3.05) is 6.54 Å². The molecule has 0 amide bonds. The van der Waals surface area contributed by atoms with Crippen molar-refractivity contribution < 1.29 is 27.9 Å². The van der Waals surface area contributed by atoms with Crippen LogP contribution >= 0.6 is 15.9 Å². The average molecular weight is 555 g/mol. The van der Waals surface area contributed by atoms with Crippen LogP contribution in [0.2, 0.25) is 0 Å². The van der Waals surface area contributed by atoms with Crippen molar-refractivity contribution in [3.63, 3.8) is 0 Å². The molecular formula is C26H30BrF3N2O3. The Labute approximate surface area is 211 Å². The largest absolute Gasteiger partial charge is 0.481 e. The van der Waals surface area contributed by atoms with E-state index < -0.39 is 17.7 Å². The molecule has 0 aromatic heterocycles. The van der Waals surface area contributed by atoms with Gasteiger partial charge < -0.3 is 15.3 Å². The number of carboxylic acid groups (broad SMARTS) is 1. The first-order valence-corrected chi connectivity index (χ1v) is 12.6. The second-order valence-electron chi connectivity index (χ2n) is 8.77. The maximum absolute atomic E-state index is 13.7. The van der Waals surface area contributed by atoms with E-state index in [1.807, 2.05) is 18.2 Å². The number of nitrogens with one attached hydrogen (secondary N) is 1. The molecule has 0 aliphatic heterocycles. The molecule has 0 saturated heterocycles. The molecule has 0 heterocycles. The first-order chi connectivity index (χ1) is 16.7. The summed E-state index contributed by atoms with van der Waals surface area (Å²) in [4.78, 5) is 15.8. The van der Waals surface area contributed by atoms with Crippen molar-refractivity contribution in [3.8, 4) is 0 Å². The monoisotopic (exact) mass is 554 g/mol. The fourth-order valence-electron chi connectivity index (χ4n) is 4.30. The Kier molecular flexibility index (Phi) is 10.2. The summed E-state index contributed by atoms with van der Waals surface area (Å²) in [6, 6.07) is 10.3. The van der Waals surface area contributed by atoms with Crippen LogP contribution in [0.15, 0.2) is 46.0 Å². The molecule has 5 nitrogen and oxygen atoms in total. The molecule has 2 N–H and O–H groups in total. The molecule has 1 saturated carbocycles. The zero-order valence-electron chi connectivity index (χ0n) is 19.4. The third-order valence-electron chi connectivity index (χ3n) is 6.12. The van der Waals surface area contributed by atoms with Crippen LogP contribution in [0.3, 0.4) is 0 Å². The quantitative estimate of drug-likeness (QED) is 0.181. The number of rotatable bonds is 11. The SMILES string of the molecule is O=C(O)CCNCc1ccc(CC=NOCc2ccc(C3CCCCC3)c(C(F)(F)F)c2)cc1Br. The number of oxime groups is 1. The normalized spacial score (nSPS) is 15.0. The highest BCUT2D eigenvalue weighted by atomic mass is 79.9. The Hall–Kier alpha value is -2.39. The zero-order valence-corrected chi connectivity index (χ0v) is 21.0. The van der Waals surface area contributed by atoms with E-state index in [-0.39, 0.29) is 18.9 Å². The van der Waals surface area contributed by atoms with Crippen LogP contribution in [-0.4, -0.2) is 23.8 Å². The molecule has 0 unspecified atom stereocenters. The lowest BCUT2D eigenvalue weighted by Crippen LogP contribution is -2.17. The van der Waals surface area contributed by atoms with Gasteiger partial charge in [-0.15, -0.1) is 0 Å². The number of carbonyl (C=O) groups is 1. The molecule has 0 atom stereocenters. The van der Waals surface area contributed by atoms with E-state index in [2.05, 4.69) is 26.4 Å². The highest BCUT2D eigenvalue weighted by Gasteiger charge is 2.35. The molecule has 0 bridgehead atoms. The minimum absolute atomic E-state index is 0.0281. The van der Waals surface area contributed by atoms with E-state index >= 15 is 0 Å². The summed E-state index contributed by atoms with van der Waals surface area (Å²) in [5, 5.41) is 15.7. The van der Waals surface area contributed by atoms with Gasteiger partial charge in [-0.05, 0) is 53.1 Å². The Morgan fingerprint density at radius 2 is 1.89 bits per heavy atom. The van der Waals surface area contributed by atoms with Gasteiger partial charge in [-0.1, -0.05) is 64.6 Å². The minimum Gasteiger partial charge on any atom is -0.481 e. The van der Waals surface area contributed by atoms with Crippen molar-refractivity contribution in [2.45, 2.75) is 70.2 Å². The highest BCUT2D eigenvalue weighted by Crippen LogP contribution is 2.41. The molecule has 3 rings (SSSR count). The lowest BCUT2D eigenvalue weighted by Gasteiger charge is -2.25. The fourth-order valence-corrected chi connectivity index (χ4v) is 4.86. The number of aliphatic carboxylic acids is 1. The summed E-state index contributed by atoms with van der Waals surface area (Å²) >= 11 is 3.51. The van der Waals surface area contributed by atoms with Crippen LogP contribution in [0.5, 0.6) is 0 Å². The highest BCUT2D eigenvalue weighted by molar-refractivity contribution is 9.10. The maximum atomic E-state index is 13.7. The Balaban J connectivity index is 1.51. The summed E-state index contributed by atoms with van der Waals surface area (Å²) in [6.45, 7) is 0.904. The van der Waals surface area contributed by atoms with E-state index in [0.29, 0.717) is 30.6 Å². The molecule has 0 radical (unpaired) electrons. The molecule has 9 heteroatoms. The molecular weight excluding hydrogens is 525 g/mol. The fraction of sp³-hybridized carbons (Fsp3) is 0.462. The zero-order chi connectivity index (χ0) is 25.3. The van der Waals surface area contributed by atoms with Crippen molar-refractivity contribution in [3.05, 3.63) is 68.7 Å². The number of halogens is 4. The second kappa shape index (κ2) is 13.1. The van der Waals surface area contributed by atoms with Gasteiger partial charge in [-0.3, -0.25) is 4.79 Å². The summed E-state index contributed by atoms with van der Waals surface area (Å²) in [7, 11) is 0. The van der Waals surface area contributed by atoms with Crippen LogP contribution in [0.1, 0.15) is 72.3 Å². The van der Waals surface area contributed by atoms with Gasteiger partial charge >= 0.3 is 12.1 Å². The number of hydrogen-bond acceptors (Lipinski definition) is 4. The van der Waals surface area contributed by atoms with Gasteiger partial charge in [0.1, 0.15) is 6.61 Å². The molecule has 1 aliphatic rings. The number of benzene rings is 2. The van der Waals surface area contributed by atoms with Gasteiger partial charge in [-0.2, -0.15) is 13.2 Å². The van der Waals surface area contributed by atoms with Gasteiger partial charge in [0.2, 0.25) is 0 Å². The van der Waals surface area contributed by atoms with Crippen molar-refractivity contribution >= 4 is 28.1 Å². The summed E-state index contributed by atoms with van der Waals surface area (Å²) in [5.74, 6) is -0.870. The molecule has 1 aliphatic carbocycles. The van der Waals surface area contributed by atoms with E-state index in [1.165, 1.54) is 6.07 Å². The average Bonchev–Trinajstić information content (AvgIpc) is 2.82. The number of hydrogen-bond donors (Lipinski definition) is 2. The number of carboxylic acids is 1. The smallest absolute Gasteiger partial charge is 0.416 e. The molecule has 2 aromatic rings. The predicted molar refractivity (Wildman–Crippen MR) is 132 cm³/mol. The van der Waals surface area contributed by atoms with Gasteiger partial charge in [0.15, 0.2) is 0 Å². The van der Waals surface area contributed by atoms with E-state index in [1.54, 1.807) is 18.3 Å². The van der Waals surface area contributed by atoms with Gasteiger partial charge in [-0.25, -0.2) is 0 Å². The number of nitrogens with zero attached hydrogens (tertiary/aromatic N) is 1. The van der Waals surface area contributed by atoms with Crippen molar-refractivity contribution in [1.29, 1.82) is 0 Å². The minimum atomic E-state index is -4.39. The van der Waals surface area contributed by atoms with E-state index in [4.69, 9.17) is 9.94 Å². The van der Waals surface area contributed by atoms with Gasteiger partial charge in [0.25, 0.3) is 0 Å². The van der Waals surface area contributed by atoms with Gasteiger partial charge in [0, 0.05) is 30.2 Å². The summed E-state index contributed by atoms with van der Waals surface area (Å²) in [6.07, 6.45) is 2.41. The Morgan fingerprint density at radius 3 is 2.57 bits per heavy atom. The first kappa shape index (κ1) is 27.2. The third-order valence-corrected chi connectivity index (χ3v) is 6.86. The Morgan fingerprint density at radius 1 is 1.14 bits per heavy atom. The first-order valence-electron chi connectivity index (χ1n) is 11.8. The van der Waals surface area contributed by atoms with E-state index in [0.717, 1.165) is 47.7 Å². The van der Waals surface area contributed by atoms with E-state index in [9.17, 15) is 18.0 Å². The molecule has 1 fully saturated rings. The van der Waals surface area contributed by atoms with Crippen LogP contribution in [0.25, 0.3) is 0 Å². The molecule has 2 aromatic carbocycles. The summed E-state index contributed by atoms with van der Waals surface area (Å²) < 4.78 is 42.0. The van der Waals surface area contributed by atoms with Crippen molar-refractivity contribution in [2.24, 2.45) is 5.16 Å². The topological polar surface area (TPSA) is 70.9 Å². The molecule has 0 spiro atoms. The summed E-state index contributed by atoms with van der Waals surface area (Å²) in [5.41, 5.74) is 2.27. The van der Waals surface area contributed by atoms with Gasteiger partial charge in [0.05, 0.1) is 12.0 Å². The van der Waals surface area contributed by atoms with Crippen molar-refractivity contribution in [1.82, 2.24) is 5.32 Å². The second-order valence-corrected chi connectivity index (χ2v) is 9.62. The van der Waals surface area contributed by atoms with Crippen LogP contribution in [0, 0.1) is 0 Å². The lowest BCUT2D eigenvalue weighted by atomic mass is 9.81. The van der Waals surface area contributed by atoms with Crippen LogP contribution in [0.4, 0.5) is 13.2 Å². The molecule has 35 heavy (non-hydrogen) atoms. The lowest BCUT2D eigenvalue weighted by molar-refractivity contribution is -0.139. The standard InChI is InChI=1S/C26H30BrF3N2O3/c27-24-15-18(6-8-21(24)16-31-12-11-25(33)34)10-13-32-35-17-19-7-9-22(20-4-2-1-3-5-20)23(14-19)26(28,29)30/h6-9,13-15,20,31H,1-5,10-12,16-17H2,(H,33,34). The predicted octanol–water partition coefficient (Wildman–Crippen LogP) is 6.83. The van der Waals surface area contributed by atoms with Crippen LogP contribution in [-0.2, 0) is 35.4 Å². The number of alkyl halides is 3. The van der Waals surface area contributed by atoms with Crippen LogP contribution < -0.4 is 5.32 Å². The third kappa shape index (κ3) is 8.65. The maximum Gasteiger partial charge on any atom is 0.416 e. The Bertz CT molecular complexity index is 1020.